The van der Waals surface area contributed by atoms with Crippen LogP contribution in [0.1, 0.15) is 18.1 Å². The molecule has 2 aromatic carbocycles. The predicted molar refractivity (Wildman–Crippen MR) is 84.5 cm³/mol. The van der Waals surface area contributed by atoms with E-state index in [2.05, 4.69) is 4.74 Å². The molecule has 0 spiro atoms. The van der Waals surface area contributed by atoms with Crippen LogP contribution in [0.3, 0.4) is 0 Å². The van der Waals surface area contributed by atoms with Crippen molar-refractivity contribution in [2.24, 2.45) is 0 Å². The number of nitrogens with zero attached hydrogens (tertiary/aromatic N) is 2. The van der Waals surface area contributed by atoms with Crippen LogP contribution in [-0.2, 0) is 9.53 Å². The van der Waals surface area contributed by atoms with E-state index in [1.54, 1.807) is 31.2 Å². The average molecular weight is 322 g/mol. The number of hydrogen-bond donors (Lipinski definition) is 0. The molecule has 6 nitrogen and oxygen atoms in total. The molecule has 1 unspecified atom stereocenters. The first-order valence-electron chi connectivity index (χ1n) is 7.03. The fraction of sp³-hybridized carbons (Fsp3) is 0.167. The van der Waals surface area contributed by atoms with Gasteiger partial charge in [-0.05, 0) is 37.3 Å². The average Bonchev–Trinajstić information content (AvgIpc) is 2.60. The number of ether oxygens (including phenoxy) is 3. The molecule has 0 saturated carbocycles. The number of benzene rings is 2. The number of methoxy groups -OCH3 is 1. The molecule has 0 aromatic heterocycles. The molecular weight excluding hydrogens is 308 g/mol. The molecule has 2 rings (SSSR count). The fourth-order valence-electron chi connectivity index (χ4n) is 1.95. The summed E-state index contributed by atoms with van der Waals surface area (Å²) in [6.45, 7) is 1.58. The summed E-state index contributed by atoms with van der Waals surface area (Å²) < 4.78 is 15.8. The third-order valence-electron chi connectivity index (χ3n) is 3.05. The highest BCUT2D eigenvalue weighted by molar-refractivity contribution is 5.74. The zero-order chi connectivity index (χ0) is 17.5. The van der Waals surface area contributed by atoms with Gasteiger partial charge >= 0.3 is 5.97 Å². The summed E-state index contributed by atoms with van der Waals surface area (Å²) >= 11 is 0. The van der Waals surface area contributed by atoms with Crippen molar-refractivity contribution >= 4 is 5.97 Å². The topological polar surface area (TPSA) is 92.3 Å². The second kappa shape index (κ2) is 7.66. The Balaban J connectivity index is 2.20. The van der Waals surface area contributed by atoms with Gasteiger partial charge in [-0.15, -0.1) is 0 Å². The molecule has 0 aliphatic heterocycles. The Morgan fingerprint density at radius 1 is 1.00 bits per heavy atom. The van der Waals surface area contributed by atoms with Crippen molar-refractivity contribution in [3.05, 3.63) is 53.6 Å². The Morgan fingerprint density at radius 3 is 2.21 bits per heavy atom. The first kappa shape index (κ1) is 16.9. The van der Waals surface area contributed by atoms with E-state index in [1.165, 1.54) is 25.3 Å². The fourth-order valence-corrected chi connectivity index (χ4v) is 1.95. The highest BCUT2D eigenvalue weighted by atomic mass is 16.6. The highest BCUT2D eigenvalue weighted by Crippen LogP contribution is 2.27. The number of esters is 1. The van der Waals surface area contributed by atoms with Crippen molar-refractivity contribution in [3.8, 4) is 29.4 Å². The van der Waals surface area contributed by atoms with Crippen molar-refractivity contribution in [1.82, 2.24) is 0 Å². The summed E-state index contributed by atoms with van der Waals surface area (Å²) in [5.74, 6) is 0.761. The minimum Gasteiger partial charge on any atom is -0.479 e. The molecule has 0 aliphatic rings. The molecule has 0 aliphatic carbocycles. The van der Waals surface area contributed by atoms with Gasteiger partial charge in [0.05, 0.1) is 30.4 Å². The summed E-state index contributed by atoms with van der Waals surface area (Å²) in [6, 6.07) is 15.2. The highest BCUT2D eigenvalue weighted by Gasteiger charge is 2.15. The lowest BCUT2D eigenvalue weighted by atomic mass is 10.1. The quantitative estimate of drug-likeness (QED) is 0.785. The Kier molecular flexibility index (Phi) is 5.38. The van der Waals surface area contributed by atoms with Crippen LogP contribution in [0.2, 0.25) is 0 Å². The van der Waals surface area contributed by atoms with Gasteiger partial charge in [0.2, 0.25) is 0 Å². The molecule has 6 heteroatoms. The van der Waals surface area contributed by atoms with Gasteiger partial charge in [-0.1, -0.05) is 6.07 Å². The summed E-state index contributed by atoms with van der Waals surface area (Å²) in [5.41, 5.74) is 0.659. The van der Waals surface area contributed by atoms with Gasteiger partial charge in [-0.2, -0.15) is 10.5 Å². The molecule has 0 fully saturated rings. The van der Waals surface area contributed by atoms with E-state index < -0.39 is 12.1 Å². The van der Waals surface area contributed by atoms with Gasteiger partial charge < -0.3 is 14.2 Å². The summed E-state index contributed by atoms with van der Waals surface area (Å²) in [6.07, 6.45) is -0.752. The molecular formula is C18H14N2O4. The van der Waals surface area contributed by atoms with E-state index in [4.69, 9.17) is 20.0 Å². The van der Waals surface area contributed by atoms with Gasteiger partial charge in [0.1, 0.15) is 17.2 Å². The van der Waals surface area contributed by atoms with Gasteiger partial charge in [0.25, 0.3) is 0 Å². The lowest BCUT2D eigenvalue weighted by Gasteiger charge is -2.13. The number of rotatable bonds is 5. The zero-order valence-corrected chi connectivity index (χ0v) is 13.1. The first-order valence-corrected chi connectivity index (χ1v) is 7.03. The van der Waals surface area contributed by atoms with Gasteiger partial charge in [0.15, 0.2) is 6.10 Å². The van der Waals surface area contributed by atoms with Crippen molar-refractivity contribution in [2.45, 2.75) is 13.0 Å². The van der Waals surface area contributed by atoms with E-state index in [-0.39, 0.29) is 0 Å². The molecule has 0 amide bonds. The van der Waals surface area contributed by atoms with E-state index in [0.29, 0.717) is 28.4 Å². The first-order chi connectivity index (χ1) is 11.5. The van der Waals surface area contributed by atoms with E-state index in [0.717, 1.165) is 0 Å². The Labute approximate surface area is 139 Å². The van der Waals surface area contributed by atoms with Crippen LogP contribution in [0, 0.1) is 22.7 Å². The van der Waals surface area contributed by atoms with Crippen LogP contribution in [0.15, 0.2) is 42.5 Å². The molecule has 0 heterocycles. The number of carbonyl (C=O) groups is 1. The van der Waals surface area contributed by atoms with Crippen LogP contribution < -0.4 is 9.47 Å². The normalized spacial score (nSPS) is 10.8. The standard InChI is InChI=1S/C18H14N2O4/c1-12(18(21)22-2)23-15-4-3-5-16(9-15)24-17-7-13(10-19)6-14(8-17)11-20/h3-9,12H,1-2H3. The third-order valence-corrected chi connectivity index (χ3v) is 3.05. The maximum absolute atomic E-state index is 11.4. The van der Waals surface area contributed by atoms with Crippen LogP contribution in [0.4, 0.5) is 0 Å². The minimum atomic E-state index is -0.752. The zero-order valence-electron chi connectivity index (χ0n) is 13.1. The van der Waals surface area contributed by atoms with E-state index in [9.17, 15) is 4.79 Å². The van der Waals surface area contributed by atoms with Crippen molar-refractivity contribution in [3.63, 3.8) is 0 Å². The van der Waals surface area contributed by atoms with Crippen LogP contribution in [-0.4, -0.2) is 19.2 Å². The third kappa shape index (κ3) is 4.25. The second-order valence-corrected chi connectivity index (χ2v) is 4.83. The molecule has 0 N–H and O–H groups in total. The lowest BCUT2D eigenvalue weighted by molar-refractivity contribution is -0.147. The maximum atomic E-state index is 11.4. The predicted octanol–water partition coefficient (Wildman–Crippen LogP) is 3.16. The monoisotopic (exact) mass is 322 g/mol. The molecule has 0 radical (unpaired) electrons. The van der Waals surface area contributed by atoms with Gasteiger partial charge in [-0.3, -0.25) is 0 Å². The molecule has 24 heavy (non-hydrogen) atoms. The number of carbonyl (C=O) groups excluding carboxylic acids is 1. The SMILES string of the molecule is COC(=O)C(C)Oc1cccc(Oc2cc(C#N)cc(C#N)c2)c1. The van der Waals surface area contributed by atoms with E-state index in [1.807, 2.05) is 12.1 Å². The van der Waals surface area contributed by atoms with Crippen molar-refractivity contribution < 1.29 is 19.0 Å². The number of nitriles is 2. The van der Waals surface area contributed by atoms with Crippen LogP contribution in [0.5, 0.6) is 17.2 Å². The van der Waals surface area contributed by atoms with E-state index >= 15 is 0 Å². The van der Waals surface area contributed by atoms with Crippen molar-refractivity contribution in [2.75, 3.05) is 7.11 Å². The van der Waals surface area contributed by atoms with Gasteiger partial charge in [0, 0.05) is 6.07 Å². The molecule has 0 bridgehead atoms. The molecule has 120 valence electrons. The molecule has 2 aromatic rings. The summed E-state index contributed by atoms with van der Waals surface area (Å²) in [5, 5.41) is 18.0. The number of hydrogen-bond acceptors (Lipinski definition) is 6. The maximum Gasteiger partial charge on any atom is 0.346 e. The largest absolute Gasteiger partial charge is 0.479 e. The Morgan fingerprint density at radius 2 is 1.62 bits per heavy atom. The Hall–Kier alpha value is -3.51. The molecule has 0 saturated heterocycles. The summed E-state index contributed by atoms with van der Waals surface area (Å²) in [7, 11) is 1.29. The van der Waals surface area contributed by atoms with Gasteiger partial charge in [-0.25, -0.2) is 4.79 Å². The smallest absolute Gasteiger partial charge is 0.346 e. The van der Waals surface area contributed by atoms with Crippen LogP contribution >= 0.6 is 0 Å². The van der Waals surface area contributed by atoms with Crippen molar-refractivity contribution in [1.29, 1.82) is 10.5 Å². The van der Waals surface area contributed by atoms with Crippen LogP contribution in [0.25, 0.3) is 0 Å². The second-order valence-electron chi connectivity index (χ2n) is 4.83. The minimum absolute atomic E-state index is 0.329. The summed E-state index contributed by atoms with van der Waals surface area (Å²) in [4.78, 5) is 11.4. The lowest BCUT2D eigenvalue weighted by Crippen LogP contribution is -2.24. The Bertz CT molecular complexity index is 801. The molecule has 1 atom stereocenters.